The number of rotatable bonds is 4. The Hall–Kier alpha value is -0.625. The van der Waals surface area contributed by atoms with Crippen LogP contribution >= 0.6 is 0 Å². The molecule has 1 amide bonds. The van der Waals surface area contributed by atoms with Crippen LogP contribution in [0.1, 0.15) is 13.8 Å². The fourth-order valence-corrected chi connectivity index (χ4v) is 0.614. The number of hydrogen-bond acceptors (Lipinski definition) is 5. The highest BCUT2D eigenvalue weighted by molar-refractivity contribution is 6.43. The fraction of sp³-hybridized carbons (Fsp3) is 0.833. The molecule has 6 N–H and O–H groups in total. The molecule has 0 rings (SSSR count). The zero-order valence-electron chi connectivity index (χ0n) is 7.64. The third-order valence-corrected chi connectivity index (χ3v) is 1.64. The highest BCUT2D eigenvalue weighted by Crippen LogP contribution is 1.91. The van der Waals surface area contributed by atoms with Gasteiger partial charge in [-0.15, -0.1) is 0 Å². The van der Waals surface area contributed by atoms with E-state index in [1.165, 1.54) is 13.8 Å². The Morgan fingerprint density at radius 2 is 1.92 bits per heavy atom. The van der Waals surface area contributed by atoms with E-state index in [2.05, 4.69) is 5.32 Å². The van der Waals surface area contributed by atoms with Gasteiger partial charge in [0.15, 0.2) is 0 Å². The SMILES string of the molecule is C[C@H](NC(=O)[C@@H](N)[C@@H](C)O)B(O)O. The molecule has 6 nitrogen and oxygen atoms in total. The Balaban J connectivity index is 4.00. The molecular weight excluding hydrogens is 175 g/mol. The number of aliphatic hydroxyl groups is 1. The van der Waals surface area contributed by atoms with E-state index in [1.54, 1.807) is 0 Å². The van der Waals surface area contributed by atoms with Crippen molar-refractivity contribution in [3.05, 3.63) is 0 Å². The first-order valence-electron chi connectivity index (χ1n) is 3.96. The van der Waals surface area contributed by atoms with E-state index in [9.17, 15) is 4.79 Å². The second kappa shape index (κ2) is 5.18. The summed E-state index contributed by atoms with van der Waals surface area (Å²) < 4.78 is 0. The molecule has 0 unspecified atom stereocenters. The summed E-state index contributed by atoms with van der Waals surface area (Å²) in [6.07, 6.45) is -0.969. The van der Waals surface area contributed by atoms with Crippen molar-refractivity contribution >= 4 is 13.0 Å². The highest BCUT2D eigenvalue weighted by Gasteiger charge is 2.25. The third-order valence-electron chi connectivity index (χ3n) is 1.64. The molecule has 0 aromatic carbocycles. The van der Waals surface area contributed by atoms with E-state index in [1.807, 2.05) is 0 Å². The molecular formula is C6H15BN2O4. The monoisotopic (exact) mass is 190 g/mol. The van der Waals surface area contributed by atoms with Crippen molar-refractivity contribution in [1.82, 2.24) is 5.32 Å². The minimum atomic E-state index is -1.63. The lowest BCUT2D eigenvalue weighted by atomic mass is 9.81. The maximum atomic E-state index is 11.1. The average molecular weight is 190 g/mol. The summed E-state index contributed by atoms with van der Waals surface area (Å²) >= 11 is 0. The summed E-state index contributed by atoms with van der Waals surface area (Å²) in [6, 6.07) is -1.05. The van der Waals surface area contributed by atoms with Crippen LogP contribution in [-0.4, -0.2) is 46.3 Å². The first kappa shape index (κ1) is 12.4. The molecule has 0 fully saturated rings. The standard InChI is InChI=1S/C6H15BN2O4/c1-3(10)5(8)6(11)9-4(2)7(12)13/h3-5,10,12-13H,8H2,1-2H3,(H,9,11)/t3-,4+,5+/m1/s1. The zero-order chi connectivity index (χ0) is 10.6. The number of carbonyl (C=O) groups is 1. The minimum absolute atomic E-state index is 0.615. The molecule has 7 heteroatoms. The van der Waals surface area contributed by atoms with Gasteiger partial charge >= 0.3 is 7.12 Å². The predicted octanol–water partition coefficient (Wildman–Crippen LogP) is -2.79. The lowest BCUT2D eigenvalue weighted by Crippen LogP contribution is -2.53. The van der Waals surface area contributed by atoms with Gasteiger partial charge in [-0.3, -0.25) is 4.79 Å². The van der Waals surface area contributed by atoms with E-state index < -0.39 is 31.1 Å². The first-order chi connectivity index (χ1) is 5.86. The van der Waals surface area contributed by atoms with Crippen LogP contribution in [0.3, 0.4) is 0 Å². The predicted molar refractivity (Wildman–Crippen MR) is 47.5 cm³/mol. The van der Waals surface area contributed by atoms with Crippen molar-refractivity contribution in [2.75, 3.05) is 0 Å². The number of nitrogens with two attached hydrogens (primary N) is 1. The number of nitrogens with one attached hydrogen (secondary N) is 1. The second-order valence-electron chi connectivity index (χ2n) is 2.98. The van der Waals surface area contributed by atoms with Gasteiger partial charge in [0.1, 0.15) is 6.04 Å². The average Bonchev–Trinajstić information content (AvgIpc) is 2.02. The summed E-state index contributed by atoms with van der Waals surface area (Å²) in [4.78, 5) is 11.1. The smallest absolute Gasteiger partial charge is 0.426 e. The largest absolute Gasteiger partial charge is 0.475 e. The molecule has 0 saturated carbocycles. The topological polar surface area (TPSA) is 116 Å². The molecule has 0 bridgehead atoms. The van der Waals surface area contributed by atoms with Gasteiger partial charge in [-0.2, -0.15) is 0 Å². The van der Waals surface area contributed by atoms with E-state index in [4.69, 9.17) is 20.9 Å². The number of hydrogen-bond donors (Lipinski definition) is 5. The zero-order valence-corrected chi connectivity index (χ0v) is 7.64. The molecule has 3 atom stereocenters. The quantitative estimate of drug-likeness (QED) is 0.307. The summed E-state index contributed by atoms with van der Waals surface area (Å²) in [6.45, 7) is 2.79. The van der Waals surface area contributed by atoms with Gasteiger partial charge in [-0.05, 0) is 13.8 Å². The second-order valence-corrected chi connectivity index (χ2v) is 2.98. The molecule has 0 aliphatic heterocycles. The van der Waals surface area contributed by atoms with Gasteiger partial charge in [0.05, 0.1) is 12.0 Å². The van der Waals surface area contributed by atoms with Crippen molar-refractivity contribution in [2.45, 2.75) is 31.9 Å². The van der Waals surface area contributed by atoms with E-state index >= 15 is 0 Å². The number of amides is 1. The Kier molecular flexibility index (Phi) is 4.93. The maximum Gasteiger partial charge on any atom is 0.475 e. The molecule has 76 valence electrons. The van der Waals surface area contributed by atoms with Gasteiger partial charge in [-0.1, -0.05) is 0 Å². The molecule has 0 heterocycles. The van der Waals surface area contributed by atoms with Crippen LogP contribution < -0.4 is 11.1 Å². The highest BCUT2D eigenvalue weighted by atomic mass is 16.4. The van der Waals surface area contributed by atoms with Gasteiger partial charge in [0, 0.05) is 0 Å². The van der Waals surface area contributed by atoms with E-state index in [0.29, 0.717) is 0 Å². The molecule has 0 aliphatic rings. The van der Waals surface area contributed by atoms with Crippen molar-refractivity contribution in [3.8, 4) is 0 Å². The fourth-order valence-electron chi connectivity index (χ4n) is 0.614. The van der Waals surface area contributed by atoms with Crippen molar-refractivity contribution < 1.29 is 19.9 Å². The molecule has 0 saturated heterocycles. The summed E-state index contributed by atoms with van der Waals surface area (Å²) in [7, 11) is -1.63. The van der Waals surface area contributed by atoms with Gasteiger partial charge in [0.25, 0.3) is 0 Å². The van der Waals surface area contributed by atoms with Crippen LogP contribution in [0.15, 0.2) is 0 Å². The summed E-state index contributed by atoms with van der Waals surface area (Å²) in [5.41, 5.74) is 5.28. The molecule has 13 heavy (non-hydrogen) atoms. The van der Waals surface area contributed by atoms with Crippen LogP contribution in [0.5, 0.6) is 0 Å². The maximum absolute atomic E-state index is 11.1. The Labute approximate surface area is 76.9 Å². The van der Waals surface area contributed by atoms with E-state index in [0.717, 1.165) is 0 Å². The van der Waals surface area contributed by atoms with Crippen LogP contribution in [-0.2, 0) is 4.79 Å². The third kappa shape index (κ3) is 4.23. The van der Waals surface area contributed by atoms with Crippen LogP contribution in [0.2, 0.25) is 0 Å². The van der Waals surface area contributed by atoms with Gasteiger partial charge in [0.2, 0.25) is 5.91 Å². The van der Waals surface area contributed by atoms with Crippen molar-refractivity contribution in [3.63, 3.8) is 0 Å². The molecule has 0 aliphatic carbocycles. The van der Waals surface area contributed by atoms with Crippen molar-refractivity contribution in [1.29, 1.82) is 0 Å². The summed E-state index contributed by atoms with van der Waals surface area (Å²) in [5.74, 6) is -1.42. The summed E-state index contributed by atoms with van der Waals surface area (Å²) in [5, 5.41) is 28.4. The Morgan fingerprint density at radius 3 is 2.23 bits per heavy atom. The van der Waals surface area contributed by atoms with E-state index in [-0.39, 0.29) is 0 Å². The molecule has 0 radical (unpaired) electrons. The van der Waals surface area contributed by atoms with Gasteiger partial charge in [-0.25, -0.2) is 0 Å². The molecule has 0 aromatic heterocycles. The van der Waals surface area contributed by atoms with Crippen LogP contribution in [0, 0.1) is 0 Å². The molecule has 0 spiro atoms. The molecule has 0 aromatic rings. The van der Waals surface area contributed by atoms with Crippen LogP contribution in [0.25, 0.3) is 0 Å². The van der Waals surface area contributed by atoms with Gasteiger partial charge < -0.3 is 26.2 Å². The normalized spacial score (nSPS) is 17.4. The van der Waals surface area contributed by atoms with Crippen molar-refractivity contribution in [2.24, 2.45) is 5.73 Å². The lowest BCUT2D eigenvalue weighted by molar-refractivity contribution is -0.124. The Bertz CT molecular complexity index is 176. The number of aliphatic hydroxyl groups excluding tert-OH is 1. The first-order valence-corrected chi connectivity index (χ1v) is 3.96. The Morgan fingerprint density at radius 1 is 1.46 bits per heavy atom. The lowest BCUT2D eigenvalue weighted by Gasteiger charge is -2.18. The minimum Gasteiger partial charge on any atom is -0.426 e. The van der Waals surface area contributed by atoms with Crippen LogP contribution in [0.4, 0.5) is 0 Å². The number of carbonyl (C=O) groups excluding carboxylic acids is 1.